The van der Waals surface area contributed by atoms with Gasteiger partial charge < -0.3 is 5.32 Å². The van der Waals surface area contributed by atoms with Crippen LogP contribution in [0.5, 0.6) is 0 Å². The third-order valence-electron chi connectivity index (χ3n) is 8.97. The molecule has 1 aliphatic heterocycles. The van der Waals surface area contributed by atoms with Gasteiger partial charge in [0.1, 0.15) is 10.7 Å². The number of fused-ring (bicyclic) bond motifs is 2. The predicted molar refractivity (Wildman–Crippen MR) is 124 cm³/mol. The predicted octanol–water partition coefficient (Wildman–Crippen LogP) is 4.83. The minimum absolute atomic E-state index is 0.0108. The van der Waals surface area contributed by atoms with Gasteiger partial charge in [-0.05, 0) is 93.9 Å². The number of nitrogens with zero attached hydrogens (tertiary/aromatic N) is 2. The fraction of sp³-hybridized carbons (Fsp3) is 0.720. The zero-order valence-electron chi connectivity index (χ0n) is 18.7. The van der Waals surface area contributed by atoms with Gasteiger partial charge in [-0.25, -0.2) is 4.98 Å². The molecule has 5 aliphatic rings. The van der Waals surface area contributed by atoms with Gasteiger partial charge in [0.2, 0.25) is 0 Å². The standard InChI is InChI=1S/C25H33N3O2S/c1-14-20-23(27-19-6-4-3-5-7-28(19)24(20)30)31-21(14)22(29)26-15(2)25-11-16-8-17(12-25)10-18(9-16)13-25/h15-18H,3-13H2,1-2H3,(H,26,29). The first-order chi connectivity index (χ1) is 14.9. The van der Waals surface area contributed by atoms with Crippen LogP contribution < -0.4 is 10.9 Å². The summed E-state index contributed by atoms with van der Waals surface area (Å²) in [5, 5.41) is 4.04. The van der Waals surface area contributed by atoms with E-state index in [0.717, 1.165) is 66.2 Å². The molecule has 31 heavy (non-hydrogen) atoms. The molecule has 0 saturated heterocycles. The Morgan fingerprint density at radius 1 is 1.13 bits per heavy atom. The van der Waals surface area contributed by atoms with Crippen molar-refractivity contribution in [2.45, 2.75) is 90.6 Å². The molecular weight excluding hydrogens is 406 g/mol. The van der Waals surface area contributed by atoms with Crippen molar-refractivity contribution in [3.63, 3.8) is 0 Å². The SMILES string of the molecule is Cc1c(C(=O)NC(C)C23CC4CC(CC(C4)C2)C3)sc2nc3n(c(=O)c12)CCCCC3. The number of aryl methyl sites for hydroxylation is 2. The molecule has 6 heteroatoms. The highest BCUT2D eigenvalue weighted by molar-refractivity contribution is 7.20. The minimum atomic E-state index is -0.0108. The van der Waals surface area contributed by atoms with Crippen molar-refractivity contribution in [1.29, 1.82) is 0 Å². The zero-order chi connectivity index (χ0) is 21.3. The smallest absolute Gasteiger partial charge is 0.262 e. The molecule has 0 aromatic carbocycles. The number of hydrogen-bond acceptors (Lipinski definition) is 4. The van der Waals surface area contributed by atoms with Crippen LogP contribution >= 0.6 is 11.3 Å². The van der Waals surface area contributed by atoms with E-state index >= 15 is 0 Å². The summed E-state index contributed by atoms with van der Waals surface area (Å²) in [5.41, 5.74) is 1.14. The van der Waals surface area contributed by atoms with Crippen LogP contribution in [0.4, 0.5) is 0 Å². The van der Waals surface area contributed by atoms with Gasteiger partial charge in [-0.3, -0.25) is 14.2 Å². The lowest BCUT2D eigenvalue weighted by Gasteiger charge is -2.59. The quantitative estimate of drug-likeness (QED) is 0.745. The van der Waals surface area contributed by atoms with Crippen molar-refractivity contribution in [1.82, 2.24) is 14.9 Å². The number of carbonyl (C=O) groups is 1. The summed E-state index contributed by atoms with van der Waals surface area (Å²) in [4.78, 5) is 32.9. The molecule has 0 spiro atoms. The Balaban J connectivity index is 1.30. The first-order valence-electron chi connectivity index (χ1n) is 12.3. The van der Waals surface area contributed by atoms with Crippen LogP contribution in [-0.4, -0.2) is 21.5 Å². The Morgan fingerprint density at radius 3 is 2.48 bits per heavy atom. The van der Waals surface area contributed by atoms with E-state index in [4.69, 9.17) is 4.98 Å². The van der Waals surface area contributed by atoms with Gasteiger partial charge in [0.05, 0.1) is 10.3 Å². The van der Waals surface area contributed by atoms with E-state index in [1.807, 2.05) is 11.5 Å². The average Bonchev–Trinajstić information content (AvgIpc) is 2.89. The molecule has 1 amide bonds. The van der Waals surface area contributed by atoms with Crippen LogP contribution in [0.15, 0.2) is 4.79 Å². The van der Waals surface area contributed by atoms with Gasteiger partial charge in [0.25, 0.3) is 11.5 Å². The summed E-state index contributed by atoms with van der Waals surface area (Å²) >= 11 is 1.41. The highest BCUT2D eigenvalue weighted by atomic mass is 32.1. The third-order valence-corrected chi connectivity index (χ3v) is 10.2. The van der Waals surface area contributed by atoms with Gasteiger partial charge in [-0.1, -0.05) is 6.42 Å². The Kier molecular flexibility index (Phi) is 4.61. The van der Waals surface area contributed by atoms with Gasteiger partial charge >= 0.3 is 0 Å². The Bertz CT molecular complexity index is 1080. The van der Waals surface area contributed by atoms with Gasteiger partial charge in [-0.15, -0.1) is 11.3 Å². The summed E-state index contributed by atoms with van der Waals surface area (Å²) in [7, 11) is 0. The number of rotatable bonds is 3. The molecule has 1 atom stereocenters. The Labute approximate surface area is 187 Å². The van der Waals surface area contributed by atoms with E-state index in [1.165, 1.54) is 49.9 Å². The van der Waals surface area contributed by atoms with Crippen LogP contribution in [0.1, 0.15) is 85.8 Å². The third kappa shape index (κ3) is 3.12. The summed E-state index contributed by atoms with van der Waals surface area (Å²) in [5.74, 6) is 3.50. The summed E-state index contributed by atoms with van der Waals surface area (Å²) in [6.45, 7) is 4.90. The molecule has 1 N–H and O–H groups in total. The molecule has 5 nitrogen and oxygen atoms in total. The lowest BCUT2D eigenvalue weighted by atomic mass is 9.48. The molecule has 2 aromatic rings. The fourth-order valence-electron chi connectivity index (χ4n) is 7.75. The zero-order valence-corrected chi connectivity index (χ0v) is 19.5. The van der Waals surface area contributed by atoms with Crippen molar-refractivity contribution in [2.75, 3.05) is 0 Å². The number of nitrogens with one attached hydrogen (secondary N) is 1. The van der Waals surface area contributed by atoms with Crippen LogP contribution in [0.25, 0.3) is 10.2 Å². The van der Waals surface area contributed by atoms with Crippen LogP contribution in [0.2, 0.25) is 0 Å². The summed E-state index contributed by atoms with van der Waals surface area (Å²) < 4.78 is 1.86. The number of hydrogen-bond donors (Lipinski definition) is 1. The van der Waals surface area contributed by atoms with Crippen molar-refractivity contribution < 1.29 is 4.79 Å². The van der Waals surface area contributed by atoms with E-state index in [0.29, 0.717) is 10.3 Å². The maximum atomic E-state index is 13.4. The fourth-order valence-corrected chi connectivity index (χ4v) is 8.84. The van der Waals surface area contributed by atoms with Crippen molar-refractivity contribution in [3.05, 3.63) is 26.6 Å². The van der Waals surface area contributed by atoms with E-state index in [2.05, 4.69) is 12.2 Å². The number of carbonyl (C=O) groups excluding carboxylic acids is 1. The monoisotopic (exact) mass is 439 g/mol. The molecule has 3 heterocycles. The number of thiophene rings is 1. The molecule has 0 radical (unpaired) electrons. The van der Waals surface area contributed by atoms with Crippen molar-refractivity contribution in [3.8, 4) is 0 Å². The number of amides is 1. The highest BCUT2D eigenvalue weighted by Crippen LogP contribution is 2.61. The number of aromatic nitrogens is 2. The second kappa shape index (κ2) is 7.16. The van der Waals surface area contributed by atoms with Crippen LogP contribution in [0, 0.1) is 30.1 Å². The second-order valence-corrected chi connectivity index (χ2v) is 12.0. The van der Waals surface area contributed by atoms with Crippen LogP contribution in [-0.2, 0) is 13.0 Å². The summed E-state index contributed by atoms with van der Waals surface area (Å²) in [6, 6.07) is 0.184. The lowest BCUT2D eigenvalue weighted by molar-refractivity contribution is -0.0687. The lowest BCUT2D eigenvalue weighted by Crippen LogP contribution is -2.55. The first kappa shape index (κ1) is 20.0. The molecule has 166 valence electrons. The van der Waals surface area contributed by atoms with Crippen molar-refractivity contribution in [2.24, 2.45) is 23.2 Å². The molecule has 7 rings (SSSR count). The molecule has 4 aliphatic carbocycles. The molecule has 1 unspecified atom stereocenters. The second-order valence-electron chi connectivity index (χ2n) is 11.0. The largest absolute Gasteiger partial charge is 0.348 e. The molecule has 4 fully saturated rings. The molecule has 4 saturated carbocycles. The van der Waals surface area contributed by atoms with Gasteiger partial charge in [0.15, 0.2) is 0 Å². The Morgan fingerprint density at radius 2 is 1.81 bits per heavy atom. The highest BCUT2D eigenvalue weighted by Gasteiger charge is 2.53. The average molecular weight is 440 g/mol. The molecule has 2 aromatic heterocycles. The first-order valence-corrected chi connectivity index (χ1v) is 13.1. The van der Waals surface area contributed by atoms with Gasteiger partial charge in [-0.2, -0.15) is 0 Å². The van der Waals surface area contributed by atoms with Crippen molar-refractivity contribution >= 4 is 27.5 Å². The van der Waals surface area contributed by atoms with E-state index in [9.17, 15) is 9.59 Å². The minimum Gasteiger partial charge on any atom is -0.348 e. The normalized spacial score (nSPS) is 32.6. The Hall–Kier alpha value is -1.69. The van der Waals surface area contributed by atoms with E-state index < -0.39 is 0 Å². The van der Waals surface area contributed by atoms with E-state index in [-0.39, 0.29) is 22.9 Å². The van der Waals surface area contributed by atoms with Crippen LogP contribution in [0.3, 0.4) is 0 Å². The molecule has 4 bridgehead atoms. The van der Waals surface area contributed by atoms with E-state index in [1.54, 1.807) is 0 Å². The maximum Gasteiger partial charge on any atom is 0.262 e. The summed E-state index contributed by atoms with van der Waals surface area (Å²) in [6.07, 6.45) is 12.2. The topological polar surface area (TPSA) is 64.0 Å². The van der Waals surface area contributed by atoms with Gasteiger partial charge in [0, 0.05) is 19.0 Å². The maximum absolute atomic E-state index is 13.4. The molecular formula is C25H33N3O2S.